The number of nitrogens with zero attached hydrogens (tertiary/aromatic N) is 1. The third-order valence-corrected chi connectivity index (χ3v) is 7.53. The van der Waals surface area contributed by atoms with Crippen LogP contribution in [0.3, 0.4) is 0 Å². The maximum atomic E-state index is 13.4. The lowest BCUT2D eigenvalue weighted by Crippen LogP contribution is -2.56. The summed E-state index contributed by atoms with van der Waals surface area (Å²) >= 11 is 0. The van der Waals surface area contributed by atoms with Crippen molar-refractivity contribution in [2.75, 3.05) is 40.0 Å². The number of benzene rings is 1. The number of alkyl carbamates (subject to hydrolysis) is 2. The summed E-state index contributed by atoms with van der Waals surface area (Å²) in [5, 5.41) is 21.4. The lowest BCUT2D eigenvalue weighted by Gasteiger charge is -2.33. The number of aliphatic hydroxyl groups excluding tert-OH is 1. The molecule has 0 spiro atoms. The Morgan fingerprint density at radius 1 is 0.932 bits per heavy atom. The second kappa shape index (κ2) is 19.1. The number of carbonyl (C=O) groups is 4. The molecule has 0 aromatic heterocycles. The van der Waals surface area contributed by atoms with E-state index in [4.69, 9.17) is 14.2 Å². The lowest BCUT2D eigenvalue weighted by molar-refractivity contribution is -0.129. The summed E-state index contributed by atoms with van der Waals surface area (Å²) in [5.74, 6) is -1.05. The first-order chi connectivity index (χ1) is 21.0. The molecule has 0 bridgehead atoms. The van der Waals surface area contributed by atoms with E-state index in [1.54, 1.807) is 25.8 Å². The molecule has 44 heavy (non-hydrogen) atoms. The van der Waals surface area contributed by atoms with Crippen molar-refractivity contribution >= 4 is 24.0 Å². The van der Waals surface area contributed by atoms with E-state index in [9.17, 15) is 24.3 Å². The number of hydrazine groups is 1. The highest BCUT2D eigenvalue weighted by atomic mass is 16.5. The van der Waals surface area contributed by atoms with Gasteiger partial charge in [0.15, 0.2) is 0 Å². The molecule has 1 aromatic rings. The normalized spacial score (nSPS) is 16.5. The van der Waals surface area contributed by atoms with Gasteiger partial charge in [-0.05, 0) is 49.5 Å². The van der Waals surface area contributed by atoms with Gasteiger partial charge in [-0.25, -0.2) is 14.6 Å². The van der Waals surface area contributed by atoms with Gasteiger partial charge >= 0.3 is 12.2 Å². The molecule has 1 saturated heterocycles. The second-order valence-electron chi connectivity index (χ2n) is 11.7. The Hall–Kier alpha value is -3.42. The molecule has 4 unspecified atom stereocenters. The van der Waals surface area contributed by atoms with Gasteiger partial charge < -0.3 is 35.3 Å². The molecule has 5 N–H and O–H groups in total. The number of nitrogens with one attached hydrogen (secondary N) is 4. The summed E-state index contributed by atoms with van der Waals surface area (Å²) in [6.07, 6.45) is -0.591. The minimum atomic E-state index is -1.04. The molecule has 248 valence electrons. The van der Waals surface area contributed by atoms with Gasteiger partial charge in [-0.2, -0.15) is 0 Å². The van der Waals surface area contributed by atoms with E-state index in [1.165, 1.54) is 7.11 Å². The van der Waals surface area contributed by atoms with Crippen molar-refractivity contribution in [1.82, 2.24) is 26.4 Å². The topological polar surface area (TPSA) is 168 Å². The minimum Gasteiger partial charge on any atom is -0.453 e. The number of methoxy groups -OCH3 is 1. The monoisotopic (exact) mass is 621 g/mol. The van der Waals surface area contributed by atoms with Crippen LogP contribution in [0.25, 0.3) is 0 Å². The van der Waals surface area contributed by atoms with E-state index in [2.05, 4.69) is 21.4 Å². The molecule has 1 aliphatic rings. The van der Waals surface area contributed by atoms with Gasteiger partial charge in [-0.1, -0.05) is 58.0 Å². The maximum Gasteiger partial charge on any atom is 0.407 e. The molecule has 4 atom stereocenters. The fourth-order valence-corrected chi connectivity index (χ4v) is 4.97. The Morgan fingerprint density at radius 3 is 2.09 bits per heavy atom. The fraction of sp³-hybridized carbons (Fsp3) is 0.677. The summed E-state index contributed by atoms with van der Waals surface area (Å²) in [7, 11) is 1.24. The molecule has 4 amide bonds. The number of hydrogen-bond donors (Lipinski definition) is 5. The van der Waals surface area contributed by atoms with E-state index in [0.717, 1.165) is 12.8 Å². The Morgan fingerprint density at radius 2 is 1.52 bits per heavy atom. The molecule has 0 radical (unpaired) electrons. The largest absolute Gasteiger partial charge is 0.453 e. The highest BCUT2D eigenvalue weighted by Gasteiger charge is 2.32. The van der Waals surface area contributed by atoms with Crippen LogP contribution in [0.5, 0.6) is 0 Å². The zero-order chi connectivity index (χ0) is 32.6. The molecule has 13 heteroatoms. The Bertz CT molecular complexity index is 1040. The Labute approximate surface area is 260 Å². The quantitative estimate of drug-likeness (QED) is 0.174. The molecule has 1 aromatic carbocycles. The van der Waals surface area contributed by atoms with E-state index in [0.29, 0.717) is 25.3 Å². The highest BCUT2D eigenvalue weighted by Crippen LogP contribution is 2.22. The van der Waals surface area contributed by atoms with Crippen LogP contribution in [0.2, 0.25) is 0 Å². The van der Waals surface area contributed by atoms with Crippen molar-refractivity contribution in [3.63, 3.8) is 0 Å². The molecular formula is C31H51N5O8. The molecule has 2 rings (SSSR count). The van der Waals surface area contributed by atoms with Crippen molar-refractivity contribution in [2.24, 2.45) is 17.8 Å². The van der Waals surface area contributed by atoms with Gasteiger partial charge in [0, 0.05) is 26.3 Å². The van der Waals surface area contributed by atoms with Gasteiger partial charge in [0.25, 0.3) is 5.91 Å². The summed E-state index contributed by atoms with van der Waals surface area (Å²) in [5.41, 5.74) is 3.63. The molecule has 1 heterocycles. The number of rotatable bonds is 16. The fourth-order valence-electron chi connectivity index (χ4n) is 4.97. The van der Waals surface area contributed by atoms with Crippen molar-refractivity contribution < 1.29 is 38.5 Å². The van der Waals surface area contributed by atoms with Crippen molar-refractivity contribution in [1.29, 1.82) is 0 Å². The lowest BCUT2D eigenvalue weighted by atomic mass is 9.96. The molecule has 0 saturated carbocycles. The average Bonchev–Trinajstić information content (AvgIpc) is 3.00. The SMILES string of the molecule is CCOC(=O)NC(C(=O)NC(c1ccccc1)C(O)CCN(CC1CCOCC1)NC(=O)C(NC(=O)OC)C(C)C)C(C)C. The molecule has 13 nitrogen and oxygen atoms in total. The third kappa shape index (κ3) is 12.3. The predicted molar refractivity (Wildman–Crippen MR) is 164 cm³/mol. The molecular weight excluding hydrogens is 570 g/mol. The van der Waals surface area contributed by atoms with Crippen LogP contribution in [-0.4, -0.2) is 92.3 Å². The van der Waals surface area contributed by atoms with E-state index in [-0.39, 0.29) is 37.3 Å². The summed E-state index contributed by atoms with van der Waals surface area (Å²) in [4.78, 5) is 50.7. The van der Waals surface area contributed by atoms with Crippen molar-refractivity contribution in [3.8, 4) is 0 Å². The summed E-state index contributed by atoms with van der Waals surface area (Å²) in [6, 6.07) is 6.58. The van der Waals surface area contributed by atoms with E-state index in [1.807, 2.05) is 44.2 Å². The number of ether oxygens (including phenoxy) is 3. The summed E-state index contributed by atoms with van der Waals surface area (Å²) < 4.78 is 15.2. The zero-order valence-electron chi connectivity index (χ0n) is 26.8. The number of aliphatic hydroxyl groups is 1. The van der Waals surface area contributed by atoms with Crippen LogP contribution in [0.4, 0.5) is 9.59 Å². The summed E-state index contributed by atoms with van der Waals surface area (Å²) in [6.45, 7) is 11.1. The van der Waals surface area contributed by atoms with Crippen LogP contribution >= 0.6 is 0 Å². The number of hydrogen-bond acceptors (Lipinski definition) is 9. The van der Waals surface area contributed by atoms with Crippen LogP contribution in [0.15, 0.2) is 30.3 Å². The van der Waals surface area contributed by atoms with Crippen molar-refractivity contribution in [2.45, 2.75) is 78.1 Å². The first kappa shape index (κ1) is 36.8. The zero-order valence-corrected chi connectivity index (χ0v) is 26.8. The number of carbonyl (C=O) groups excluding carboxylic acids is 4. The molecule has 1 aliphatic heterocycles. The maximum absolute atomic E-state index is 13.4. The predicted octanol–water partition coefficient (Wildman–Crippen LogP) is 2.51. The van der Waals surface area contributed by atoms with Crippen LogP contribution < -0.4 is 21.4 Å². The minimum absolute atomic E-state index is 0.168. The van der Waals surface area contributed by atoms with E-state index < -0.39 is 48.2 Å². The molecule has 0 aliphatic carbocycles. The van der Waals surface area contributed by atoms with E-state index >= 15 is 0 Å². The van der Waals surface area contributed by atoms with Crippen molar-refractivity contribution in [3.05, 3.63) is 35.9 Å². The first-order valence-corrected chi connectivity index (χ1v) is 15.4. The Kier molecular flexibility index (Phi) is 15.9. The smallest absolute Gasteiger partial charge is 0.407 e. The van der Waals surface area contributed by atoms with Crippen LogP contribution in [-0.2, 0) is 23.8 Å². The van der Waals surface area contributed by atoms with Gasteiger partial charge in [-0.3, -0.25) is 15.0 Å². The first-order valence-electron chi connectivity index (χ1n) is 15.4. The van der Waals surface area contributed by atoms with Gasteiger partial charge in [0.2, 0.25) is 5.91 Å². The highest BCUT2D eigenvalue weighted by molar-refractivity contribution is 5.86. The van der Waals surface area contributed by atoms with Gasteiger partial charge in [0.05, 0.1) is 25.9 Å². The van der Waals surface area contributed by atoms with Gasteiger partial charge in [-0.15, -0.1) is 0 Å². The second-order valence-corrected chi connectivity index (χ2v) is 11.7. The number of amides is 4. The molecule has 1 fully saturated rings. The van der Waals surface area contributed by atoms with Crippen LogP contribution in [0.1, 0.15) is 65.5 Å². The standard InChI is InChI=1S/C31H51N5O8/c1-7-44-31(41)34-25(20(2)3)28(38)32-27(23-11-9-8-10-12-23)24(37)13-16-36(19-22-14-17-43-18-15-22)35-29(39)26(21(4)5)33-30(40)42-6/h8-12,20-22,24-27,37H,7,13-19H2,1-6H3,(H,32,38)(H,33,40)(H,34,41)(H,35,39). The van der Waals surface area contributed by atoms with Crippen LogP contribution in [0, 0.1) is 17.8 Å². The van der Waals surface area contributed by atoms with Gasteiger partial charge in [0.1, 0.15) is 12.1 Å². The average molecular weight is 622 g/mol. The Balaban J connectivity index is 2.22. The third-order valence-electron chi connectivity index (χ3n) is 7.53.